The van der Waals surface area contributed by atoms with Crippen LogP contribution in [0.15, 0.2) is 18.2 Å². The van der Waals surface area contributed by atoms with Crippen molar-refractivity contribution in [3.05, 3.63) is 34.9 Å². The largest absolute Gasteiger partial charge is 0.330 e. The summed E-state index contributed by atoms with van der Waals surface area (Å²) in [7, 11) is 0. The molecule has 0 bridgehead atoms. The number of nitrogens with two attached hydrogens (primary N) is 1. The molecule has 0 radical (unpaired) electrons. The molecule has 13 heavy (non-hydrogen) atoms. The second kappa shape index (κ2) is 4.33. The lowest BCUT2D eigenvalue weighted by Crippen LogP contribution is -2.03. The van der Waals surface area contributed by atoms with E-state index in [4.69, 9.17) is 5.73 Å². The van der Waals surface area contributed by atoms with Crippen molar-refractivity contribution in [1.29, 1.82) is 0 Å². The maximum Gasteiger partial charge on any atom is 0.264 e. The van der Waals surface area contributed by atoms with Crippen molar-refractivity contribution >= 4 is 0 Å². The number of alkyl halides is 2. The number of rotatable bonds is 3. The predicted molar refractivity (Wildman–Crippen MR) is 48.9 cm³/mol. The van der Waals surface area contributed by atoms with E-state index in [1.807, 2.05) is 6.07 Å². The lowest BCUT2D eigenvalue weighted by atomic mass is 10.0. The fourth-order valence-electron chi connectivity index (χ4n) is 1.25. The highest BCUT2D eigenvalue weighted by molar-refractivity contribution is 5.32. The first-order valence-electron chi connectivity index (χ1n) is 4.22. The standard InChI is InChI=1S/C10H13F2N/c1-7-2-3-8(4-5-13)6-9(7)10(11)12/h2-3,6,10H,4-5,13H2,1H3. The molecule has 1 aromatic carbocycles. The number of hydrogen-bond acceptors (Lipinski definition) is 1. The average Bonchev–Trinajstić information content (AvgIpc) is 2.08. The van der Waals surface area contributed by atoms with Gasteiger partial charge >= 0.3 is 0 Å². The van der Waals surface area contributed by atoms with Crippen LogP contribution in [-0.2, 0) is 6.42 Å². The second-order valence-corrected chi connectivity index (χ2v) is 3.03. The van der Waals surface area contributed by atoms with E-state index in [-0.39, 0.29) is 5.56 Å². The summed E-state index contributed by atoms with van der Waals surface area (Å²) >= 11 is 0. The third kappa shape index (κ3) is 2.49. The van der Waals surface area contributed by atoms with Crippen molar-refractivity contribution in [2.24, 2.45) is 5.73 Å². The Bertz CT molecular complexity index is 284. The molecule has 1 aromatic rings. The summed E-state index contributed by atoms with van der Waals surface area (Å²) in [6.07, 6.45) is -1.74. The summed E-state index contributed by atoms with van der Waals surface area (Å²) in [5, 5.41) is 0. The molecular weight excluding hydrogens is 172 g/mol. The maximum atomic E-state index is 12.4. The average molecular weight is 185 g/mol. The van der Waals surface area contributed by atoms with Gasteiger partial charge in [-0.25, -0.2) is 8.78 Å². The maximum absolute atomic E-state index is 12.4. The first-order chi connectivity index (χ1) is 6.15. The van der Waals surface area contributed by atoms with Crippen LogP contribution in [0.3, 0.4) is 0 Å². The van der Waals surface area contributed by atoms with E-state index < -0.39 is 6.43 Å². The molecule has 0 saturated heterocycles. The number of hydrogen-bond donors (Lipinski definition) is 1. The minimum Gasteiger partial charge on any atom is -0.330 e. The minimum absolute atomic E-state index is 0.117. The van der Waals surface area contributed by atoms with Gasteiger partial charge in [0.15, 0.2) is 0 Å². The van der Waals surface area contributed by atoms with Crippen LogP contribution in [0.4, 0.5) is 8.78 Å². The normalized spacial score (nSPS) is 10.8. The van der Waals surface area contributed by atoms with E-state index in [0.717, 1.165) is 5.56 Å². The van der Waals surface area contributed by atoms with Crippen LogP contribution < -0.4 is 5.73 Å². The molecule has 72 valence electrons. The van der Waals surface area contributed by atoms with Gasteiger partial charge in [0.05, 0.1) is 0 Å². The van der Waals surface area contributed by atoms with E-state index in [1.54, 1.807) is 13.0 Å². The van der Waals surface area contributed by atoms with Crippen molar-refractivity contribution in [1.82, 2.24) is 0 Å². The molecule has 0 spiro atoms. The van der Waals surface area contributed by atoms with Gasteiger partial charge in [0.25, 0.3) is 6.43 Å². The molecule has 0 aliphatic heterocycles. The SMILES string of the molecule is Cc1ccc(CCN)cc1C(F)F. The molecule has 0 unspecified atom stereocenters. The van der Waals surface area contributed by atoms with Gasteiger partial charge in [0.2, 0.25) is 0 Å². The van der Waals surface area contributed by atoms with Gasteiger partial charge in [-0.1, -0.05) is 12.1 Å². The number of halogens is 2. The number of aryl methyl sites for hydroxylation is 1. The van der Waals surface area contributed by atoms with E-state index in [0.29, 0.717) is 18.5 Å². The summed E-state index contributed by atoms with van der Waals surface area (Å²) in [6.45, 7) is 2.18. The van der Waals surface area contributed by atoms with E-state index in [2.05, 4.69) is 0 Å². The van der Waals surface area contributed by atoms with Crippen LogP contribution in [0, 0.1) is 6.92 Å². The lowest BCUT2D eigenvalue weighted by molar-refractivity contribution is 0.150. The molecule has 0 aromatic heterocycles. The van der Waals surface area contributed by atoms with Crippen LogP contribution in [0.25, 0.3) is 0 Å². The first-order valence-corrected chi connectivity index (χ1v) is 4.22. The zero-order valence-corrected chi connectivity index (χ0v) is 7.56. The Kier molecular flexibility index (Phi) is 3.37. The summed E-state index contributed by atoms with van der Waals surface area (Å²) in [4.78, 5) is 0. The monoisotopic (exact) mass is 185 g/mol. The third-order valence-electron chi connectivity index (χ3n) is 2.01. The predicted octanol–water partition coefficient (Wildman–Crippen LogP) is 2.43. The van der Waals surface area contributed by atoms with Crippen molar-refractivity contribution in [3.8, 4) is 0 Å². The van der Waals surface area contributed by atoms with Crippen LogP contribution in [0.2, 0.25) is 0 Å². The van der Waals surface area contributed by atoms with Crippen LogP contribution >= 0.6 is 0 Å². The molecule has 2 N–H and O–H groups in total. The van der Waals surface area contributed by atoms with Gasteiger partial charge in [-0.2, -0.15) is 0 Å². The van der Waals surface area contributed by atoms with Gasteiger partial charge in [-0.15, -0.1) is 0 Å². The molecule has 0 amide bonds. The smallest absolute Gasteiger partial charge is 0.264 e. The molecule has 0 fully saturated rings. The zero-order chi connectivity index (χ0) is 9.84. The Hall–Kier alpha value is -0.960. The Balaban J connectivity index is 2.97. The quantitative estimate of drug-likeness (QED) is 0.769. The lowest BCUT2D eigenvalue weighted by Gasteiger charge is -2.06. The fraction of sp³-hybridized carbons (Fsp3) is 0.400. The van der Waals surface area contributed by atoms with Gasteiger partial charge in [-0.05, 0) is 37.1 Å². The molecule has 0 aliphatic carbocycles. The summed E-state index contributed by atoms with van der Waals surface area (Å²) < 4.78 is 24.8. The van der Waals surface area contributed by atoms with Gasteiger partial charge in [-0.3, -0.25) is 0 Å². The van der Waals surface area contributed by atoms with Gasteiger partial charge < -0.3 is 5.73 Å². The molecule has 0 atom stereocenters. The Morgan fingerprint density at radius 1 is 1.38 bits per heavy atom. The molecule has 1 rings (SSSR count). The van der Waals surface area contributed by atoms with Crippen molar-refractivity contribution in [2.75, 3.05) is 6.54 Å². The fourth-order valence-corrected chi connectivity index (χ4v) is 1.25. The Morgan fingerprint density at radius 3 is 2.62 bits per heavy atom. The van der Waals surface area contributed by atoms with E-state index >= 15 is 0 Å². The van der Waals surface area contributed by atoms with E-state index in [1.165, 1.54) is 6.07 Å². The van der Waals surface area contributed by atoms with Crippen LogP contribution in [-0.4, -0.2) is 6.54 Å². The highest BCUT2D eigenvalue weighted by Gasteiger charge is 2.10. The van der Waals surface area contributed by atoms with Gasteiger partial charge in [0.1, 0.15) is 0 Å². The Labute approximate surface area is 76.6 Å². The molecule has 1 nitrogen and oxygen atoms in total. The van der Waals surface area contributed by atoms with Crippen molar-refractivity contribution < 1.29 is 8.78 Å². The van der Waals surface area contributed by atoms with Crippen LogP contribution in [0.5, 0.6) is 0 Å². The number of benzene rings is 1. The summed E-state index contributed by atoms with van der Waals surface area (Å²) in [5.74, 6) is 0. The molecule has 3 heteroatoms. The highest BCUT2D eigenvalue weighted by Crippen LogP contribution is 2.23. The molecule has 0 aliphatic rings. The second-order valence-electron chi connectivity index (χ2n) is 3.03. The van der Waals surface area contributed by atoms with Crippen LogP contribution in [0.1, 0.15) is 23.1 Å². The highest BCUT2D eigenvalue weighted by atomic mass is 19.3. The zero-order valence-electron chi connectivity index (χ0n) is 7.56. The molecular formula is C10H13F2N. The third-order valence-corrected chi connectivity index (χ3v) is 2.01. The molecule has 0 heterocycles. The van der Waals surface area contributed by atoms with Crippen molar-refractivity contribution in [3.63, 3.8) is 0 Å². The topological polar surface area (TPSA) is 26.0 Å². The Morgan fingerprint density at radius 2 is 2.08 bits per heavy atom. The minimum atomic E-state index is -2.39. The van der Waals surface area contributed by atoms with E-state index in [9.17, 15) is 8.78 Å². The summed E-state index contributed by atoms with van der Waals surface area (Å²) in [6, 6.07) is 5.09. The van der Waals surface area contributed by atoms with Gasteiger partial charge in [0, 0.05) is 5.56 Å². The summed E-state index contributed by atoms with van der Waals surface area (Å²) in [5.41, 5.74) is 6.97. The van der Waals surface area contributed by atoms with Crippen molar-refractivity contribution in [2.45, 2.75) is 19.8 Å². The first kappa shape index (κ1) is 10.1. The molecule has 0 saturated carbocycles.